The molecule has 2 aromatic rings. The molecular weight excluding hydrogens is 293 g/mol. The Bertz CT molecular complexity index is 647. The lowest BCUT2D eigenvalue weighted by Crippen LogP contribution is -2.23. The van der Waals surface area contributed by atoms with Crippen LogP contribution in [-0.4, -0.2) is 27.5 Å². The molecule has 7 heteroatoms. The van der Waals surface area contributed by atoms with E-state index in [2.05, 4.69) is 10.2 Å². The number of hydrogen-bond donors (Lipinski definition) is 0. The Morgan fingerprint density at radius 1 is 1.38 bits per heavy atom. The van der Waals surface area contributed by atoms with Crippen molar-refractivity contribution in [1.29, 1.82) is 0 Å². The van der Waals surface area contributed by atoms with Crippen molar-refractivity contribution in [2.75, 3.05) is 6.54 Å². The summed E-state index contributed by atoms with van der Waals surface area (Å²) in [7, 11) is 0. The fourth-order valence-electron chi connectivity index (χ4n) is 2.17. The highest BCUT2D eigenvalue weighted by Crippen LogP contribution is 2.22. The topological polar surface area (TPSA) is 59.2 Å². The van der Waals surface area contributed by atoms with Crippen molar-refractivity contribution in [3.63, 3.8) is 0 Å². The molecule has 0 bridgehead atoms. The van der Waals surface area contributed by atoms with Crippen LogP contribution >= 0.6 is 11.8 Å². The second kappa shape index (κ2) is 6.26. The molecule has 0 atom stereocenters. The quantitative estimate of drug-likeness (QED) is 0.795. The molecule has 0 unspecified atom stereocenters. The van der Waals surface area contributed by atoms with Gasteiger partial charge in [0.05, 0.1) is 6.54 Å². The van der Waals surface area contributed by atoms with E-state index in [4.69, 9.17) is 4.42 Å². The summed E-state index contributed by atoms with van der Waals surface area (Å²) < 4.78 is 18.6. The Balaban J connectivity index is 1.56. The summed E-state index contributed by atoms with van der Waals surface area (Å²) in [4.78, 5) is 13.2. The third kappa shape index (κ3) is 3.60. The number of likely N-dealkylation sites (tertiary alicyclic amines) is 1. The molecule has 1 amide bonds. The van der Waals surface area contributed by atoms with Crippen LogP contribution in [0.3, 0.4) is 0 Å². The fourth-order valence-corrected chi connectivity index (χ4v) is 2.89. The van der Waals surface area contributed by atoms with Gasteiger partial charge in [0.2, 0.25) is 11.8 Å². The van der Waals surface area contributed by atoms with Gasteiger partial charge < -0.3 is 9.32 Å². The number of benzene rings is 1. The largest absolute Gasteiger partial charge is 0.414 e. The molecule has 1 aromatic heterocycles. The van der Waals surface area contributed by atoms with E-state index in [1.165, 1.54) is 23.9 Å². The highest BCUT2D eigenvalue weighted by atomic mass is 32.2. The Hall–Kier alpha value is -1.89. The van der Waals surface area contributed by atoms with E-state index in [0.29, 0.717) is 29.8 Å². The van der Waals surface area contributed by atoms with Crippen molar-refractivity contribution in [2.24, 2.45) is 0 Å². The second-order valence-electron chi connectivity index (χ2n) is 4.80. The van der Waals surface area contributed by atoms with Crippen molar-refractivity contribution in [1.82, 2.24) is 15.1 Å². The molecule has 0 saturated carbocycles. The van der Waals surface area contributed by atoms with Gasteiger partial charge >= 0.3 is 0 Å². The minimum atomic E-state index is -0.258. The van der Waals surface area contributed by atoms with E-state index in [9.17, 15) is 9.18 Å². The van der Waals surface area contributed by atoms with Crippen LogP contribution in [0, 0.1) is 5.82 Å². The molecule has 5 nitrogen and oxygen atoms in total. The smallest absolute Gasteiger partial charge is 0.276 e. The predicted molar refractivity (Wildman–Crippen MR) is 74.9 cm³/mol. The normalized spacial score (nSPS) is 14.9. The number of rotatable bonds is 5. The molecule has 1 aliphatic rings. The van der Waals surface area contributed by atoms with Crippen molar-refractivity contribution >= 4 is 17.7 Å². The van der Waals surface area contributed by atoms with Gasteiger partial charge in [-0.25, -0.2) is 4.39 Å². The van der Waals surface area contributed by atoms with Gasteiger partial charge in [-0.05, 0) is 24.1 Å². The van der Waals surface area contributed by atoms with Crippen molar-refractivity contribution < 1.29 is 13.6 Å². The van der Waals surface area contributed by atoms with E-state index < -0.39 is 0 Å². The lowest BCUT2D eigenvalue weighted by atomic mass is 10.2. The minimum absolute atomic E-state index is 0.127. The van der Waals surface area contributed by atoms with E-state index >= 15 is 0 Å². The van der Waals surface area contributed by atoms with Gasteiger partial charge in [-0.15, -0.1) is 10.2 Å². The van der Waals surface area contributed by atoms with Gasteiger partial charge in [0.1, 0.15) is 5.82 Å². The molecule has 21 heavy (non-hydrogen) atoms. The summed E-state index contributed by atoms with van der Waals surface area (Å²) in [5.74, 6) is 0.864. The minimum Gasteiger partial charge on any atom is -0.414 e. The van der Waals surface area contributed by atoms with E-state index in [1.807, 2.05) is 6.07 Å². The maximum atomic E-state index is 13.1. The maximum Gasteiger partial charge on any atom is 0.276 e. The number of thioether (sulfide) groups is 1. The van der Waals surface area contributed by atoms with Crippen LogP contribution in [0.4, 0.5) is 4.39 Å². The van der Waals surface area contributed by atoms with Gasteiger partial charge in [0.25, 0.3) is 5.22 Å². The summed E-state index contributed by atoms with van der Waals surface area (Å²) in [5, 5.41) is 8.31. The molecule has 3 rings (SSSR count). The van der Waals surface area contributed by atoms with Crippen molar-refractivity contribution in [3.05, 3.63) is 41.5 Å². The van der Waals surface area contributed by atoms with Gasteiger partial charge in [0, 0.05) is 18.7 Å². The van der Waals surface area contributed by atoms with E-state index in [1.54, 1.807) is 11.0 Å². The number of amides is 1. The first kappa shape index (κ1) is 14.1. The Morgan fingerprint density at radius 2 is 2.29 bits per heavy atom. The zero-order valence-corrected chi connectivity index (χ0v) is 12.1. The summed E-state index contributed by atoms with van der Waals surface area (Å²) in [6.07, 6.45) is 1.48. The maximum absolute atomic E-state index is 13.1. The average Bonchev–Trinajstić information content (AvgIpc) is 3.07. The Morgan fingerprint density at radius 3 is 3.05 bits per heavy atom. The highest BCUT2D eigenvalue weighted by Gasteiger charge is 2.22. The second-order valence-corrected chi connectivity index (χ2v) is 5.73. The van der Waals surface area contributed by atoms with Gasteiger partial charge in [-0.2, -0.15) is 0 Å². The van der Waals surface area contributed by atoms with E-state index in [0.717, 1.165) is 18.5 Å². The van der Waals surface area contributed by atoms with Crippen molar-refractivity contribution in [3.8, 4) is 0 Å². The monoisotopic (exact) mass is 307 g/mol. The molecule has 0 radical (unpaired) electrons. The zero-order chi connectivity index (χ0) is 14.7. The first-order valence-corrected chi connectivity index (χ1v) is 7.67. The van der Waals surface area contributed by atoms with Crippen LogP contribution in [0.15, 0.2) is 33.9 Å². The molecule has 1 aliphatic heterocycles. The third-order valence-corrected chi connectivity index (χ3v) is 4.09. The molecule has 1 fully saturated rings. The first-order chi connectivity index (χ1) is 10.2. The highest BCUT2D eigenvalue weighted by molar-refractivity contribution is 7.98. The predicted octanol–water partition coefficient (Wildman–Crippen LogP) is 2.62. The number of hydrogen-bond acceptors (Lipinski definition) is 5. The fraction of sp³-hybridized carbons (Fsp3) is 0.357. The van der Waals surface area contributed by atoms with Gasteiger partial charge in [0.15, 0.2) is 0 Å². The lowest BCUT2D eigenvalue weighted by molar-refractivity contribution is -0.128. The number of carbonyl (C=O) groups is 1. The molecule has 0 spiro atoms. The standard InChI is InChI=1S/C14H14FN3O2S/c15-11-4-1-3-10(7-11)9-21-14-17-16-12(20-14)8-18-6-2-5-13(18)19/h1,3-4,7H,2,5-6,8-9H2. The molecule has 2 heterocycles. The third-order valence-electron chi connectivity index (χ3n) is 3.20. The molecule has 1 saturated heterocycles. The summed E-state index contributed by atoms with van der Waals surface area (Å²) in [5.41, 5.74) is 0.856. The summed E-state index contributed by atoms with van der Waals surface area (Å²) in [6.45, 7) is 1.11. The number of carbonyl (C=O) groups excluding carboxylic acids is 1. The van der Waals surface area contributed by atoms with Crippen LogP contribution < -0.4 is 0 Å². The molecule has 1 aromatic carbocycles. The van der Waals surface area contributed by atoms with Crippen LogP contribution in [0.25, 0.3) is 0 Å². The SMILES string of the molecule is O=C1CCCN1Cc1nnc(SCc2cccc(F)c2)o1. The Labute approximate surface area is 125 Å². The molecule has 0 N–H and O–H groups in total. The number of nitrogens with zero attached hydrogens (tertiary/aromatic N) is 3. The average molecular weight is 307 g/mol. The number of aromatic nitrogens is 2. The molecule has 110 valence electrons. The van der Waals surface area contributed by atoms with E-state index in [-0.39, 0.29) is 11.7 Å². The van der Waals surface area contributed by atoms with Crippen LogP contribution in [0.5, 0.6) is 0 Å². The van der Waals surface area contributed by atoms with Crippen LogP contribution in [0.2, 0.25) is 0 Å². The first-order valence-electron chi connectivity index (χ1n) is 6.68. The molecular formula is C14H14FN3O2S. The Kier molecular flexibility index (Phi) is 4.19. The van der Waals surface area contributed by atoms with Crippen LogP contribution in [-0.2, 0) is 17.1 Å². The van der Waals surface area contributed by atoms with Gasteiger partial charge in [-0.3, -0.25) is 4.79 Å². The summed E-state index contributed by atoms with van der Waals surface area (Å²) in [6, 6.07) is 6.40. The van der Waals surface area contributed by atoms with Crippen molar-refractivity contribution in [2.45, 2.75) is 30.4 Å². The van der Waals surface area contributed by atoms with Gasteiger partial charge in [-0.1, -0.05) is 23.9 Å². The van der Waals surface area contributed by atoms with Crippen LogP contribution in [0.1, 0.15) is 24.3 Å². The number of halogens is 1. The zero-order valence-electron chi connectivity index (χ0n) is 11.3. The lowest BCUT2D eigenvalue weighted by Gasteiger charge is -2.11. The molecule has 0 aliphatic carbocycles. The summed E-state index contributed by atoms with van der Waals surface area (Å²) >= 11 is 1.35.